The molecule has 1 amide bonds. The summed E-state index contributed by atoms with van der Waals surface area (Å²) >= 11 is 0. The van der Waals surface area contributed by atoms with Gasteiger partial charge in [-0.3, -0.25) is 4.79 Å². The Labute approximate surface area is 182 Å². The van der Waals surface area contributed by atoms with E-state index in [1.807, 2.05) is 41.3 Å². The molecule has 1 aromatic heterocycles. The maximum absolute atomic E-state index is 12.9. The molecule has 0 bridgehead atoms. The predicted molar refractivity (Wildman–Crippen MR) is 108 cm³/mol. The lowest BCUT2D eigenvalue weighted by molar-refractivity contribution is -0.192. The summed E-state index contributed by atoms with van der Waals surface area (Å²) in [6.45, 7) is 4.31. The van der Waals surface area contributed by atoms with Crippen molar-refractivity contribution < 1.29 is 32.6 Å². The van der Waals surface area contributed by atoms with Gasteiger partial charge in [0.1, 0.15) is 0 Å². The van der Waals surface area contributed by atoms with Crippen LogP contribution in [-0.4, -0.2) is 77.4 Å². The van der Waals surface area contributed by atoms with Gasteiger partial charge >= 0.3 is 12.1 Å². The zero-order valence-corrected chi connectivity index (χ0v) is 17.2. The van der Waals surface area contributed by atoms with Crippen molar-refractivity contribution in [1.82, 2.24) is 14.9 Å². The van der Waals surface area contributed by atoms with Gasteiger partial charge in [0.05, 0.1) is 13.2 Å². The summed E-state index contributed by atoms with van der Waals surface area (Å²) in [5.74, 6) is -1.92. The Balaban J connectivity index is 0.000000360. The number of carbonyl (C=O) groups is 2. The van der Waals surface area contributed by atoms with Crippen LogP contribution in [0.1, 0.15) is 16.8 Å². The van der Waals surface area contributed by atoms with Gasteiger partial charge < -0.3 is 19.6 Å². The number of carboxylic acid groups (broad SMARTS) is 1. The van der Waals surface area contributed by atoms with Crippen molar-refractivity contribution in [1.29, 1.82) is 0 Å². The first-order valence-electron chi connectivity index (χ1n) is 9.94. The normalized spacial score (nSPS) is 21.0. The molecule has 2 aromatic rings. The van der Waals surface area contributed by atoms with E-state index in [0.29, 0.717) is 26.3 Å². The highest BCUT2D eigenvalue weighted by molar-refractivity contribution is 5.94. The second-order valence-electron chi connectivity index (χ2n) is 7.67. The summed E-state index contributed by atoms with van der Waals surface area (Å²) in [7, 11) is 0. The Hall–Kier alpha value is -3.21. The first kappa shape index (κ1) is 23.5. The number of hydrogen-bond acceptors (Lipinski definition) is 6. The fourth-order valence-corrected chi connectivity index (χ4v) is 3.74. The summed E-state index contributed by atoms with van der Waals surface area (Å²) in [5, 5.41) is 7.12. The smallest absolute Gasteiger partial charge is 0.475 e. The fraction of sp³-hybridized carbons (Fsp3) is 0.429. The van der Waals surface area contributed by atoms with Crippen LogP contribution >= 0.6 is 0 Å². The van der Waals surface area contributed by atoms with E-state index in [-0.39, 0.29) is 11.3 Å². The van der Waals surface area contributed by atoms with Gasteiger partial charge in [-0.25, -0.2) is 14.8 Å². The van der Waals surface area contributed by atoms with E-state index in [0.717, 1.165) is 31.0 Å². The van der Waals surface area contributed by atoms with Crippen LogP contribution in [0.5, 0.6) is 0 Å². The van der Waals surface area contributed by atoms with E-state index in [1.165, 1.54) is 0 Å². The second-order valence-corrected chi connectivity index (χ2v) is 7.67. The number of benzene rings is 1. The van der Waals surface area contributed by atoms with Gasteiger partial charge in [-0.05, 0) is 24.6 Å². The van der Waals surface area contributed by atoms with E-state index in [2.05, 4.69) is 14.9 Å². The molecule has 1 atom stereocenters. The maximum atomic E-state index is 12.9. The van der Waals surface area contributed by atoms with Crippen molar-refractivity contribution in [3.63, 3.8) is 0 Å². The molecule has 2 fully saturated rings. The van der Waals surface area contributed by atoms with Crippen LogP contribution in [0.2, 0.25) is 0 Å². The molecular formula is C21H23F3N4O4. The third kappa shape index (κ3) is 5.94. The summed E-state index contributed by atoms with van der Waals surface area (Å²) in [4.78, 5) is 34.6. The molecule has 0 saturated carbocycles. The highest BCUT2D eigenvalue weighted by Crippen LogP contribution is 2.35. The van der Waals surface area contributed by atoms with Crippen molar-refractivity contribution in [2.45, 2.75) is 12.6 Å². The average molecular weight is 452 g/mol. The molecule has 1 spiro atoms. The first-order valence-corrected chi connectivity index (χ1v) is 9.94. The zero-order chi connectivity index (χ0) is 23.2. The number of carbonyl (C=O) groups excluding carboxylic acids is 1. The molecule has 0 radical (unpaired) electrons. The van der Waals surface area contributed by atoms with Crippen molar-refractivity contribution in [2.75, 3.05) is 44.3 Å². The van der Waals surface area contributed by atoms with E-state index in [1.54, 1.807) is 12.4 Å². The van der Waals surface area contributed by atoms with E-state index in [4.69, 9.17) is 14.6 Å². The molecule has 2 aliphatic heterocycles. The summed E-state index contributed by atoms with van der Waals surface area (Å²) in [5.41, 5.74) is 0.681. The molecule has 1 N–H and O–H groups in total. The van der Waals surface area contributed by atoms with Crippen molar-refractivity contribution in [2.24, 2.45) is 5.41 Å². The van der Waals surface area contributed by atoms with E-state index < -0.39 is 12.1 Å². The Morgan fingerprint density at radius 1 is 1.03 bits per heavy atom. The number of anilines is 1. The minimum absolute atomic E-state index is 0.0554. The Kier molecular flexibility index (Phi) is 7.29. The number of nitrogens with zero attached hydrogens (tertiary/aromatic N) is 4. The quantitative estimate of drug-likeness (QED) is 0.748. The Morgan fingerprint density at radius 3 is 2.31 bits per heavy atom. The maximum Gasteiger partial charge on any atom is 0.490 e. The van der Waals surface area contributed by atoms with Gasteiger partial charge in [-0.2, -0.15) is 13.2 Å². The van der Waals surface area contributed by atoms with E-state index >= 15 is 0 Å². The SMILES string of the molecule is O=C(O)C(F)(F)F.O=C(c1ccccc1)N1CCOCC2(CCN(c3ncccn3)C2)C1. The second kappa shape index (κ2) is 9.94. The largest absolute Gasteiger partial charge is 0.490 e. The number of aliphatic carboxylic acids is 1. The molecule has 3 heterocycles. The Bertz CT molecular complexity index is 914. The van der Waals surface area contributed by atoms with Crippen LogP contribution in [0.3, 0.4) is 0 Å². The third-order valence-electron chi connectivity index (χ3n) is 5.26. The van der Waals surface area contributed by atoms with Crippen LogP contribution < -0.4 is 4.90 Å². The monoisotopic (exact) mass is 452 g/mol. The lowest BCUT2D eigenvalue weighted by atomic mass is 9.87. The minimum atomic E-state index is -5.08. The van der Waals surface area contributed by atoms with Crippen LogP contribution in [0.4, 0.5) is 19.1 Å². The van der Waals surface area contributed by atoms with Crippen molar-refractivity contribution >= 4 is 17.8 Å². The van der Waals surface area contributed by atoms with Crippen LogP contribution in [0.15, 0.2) is 48.8 Å². The van der Waals surface area contributed by atoms with Crippen LogP contribution in [0.25, 0.3) is 0 Å². The summed E-state index contributed by atoms with van der Waals surface area (Å²) in [6.07, 6.45) is -0.575. The van der Waals surface area contributed by atoms with Gasteiger partial charge in [0.25, 0.3) is 5.91 Å². The van der Waals surface area contributed by atoms with Gasteiger partial charge in [-0.1, -0.05) is 18.2 Å². The lowest BCUT2D eigenvalue weighted by Crippen LogP contribution is -2.43. The molecular weight excluding hydrogens is 429 g/mol. The molecule has 172 valence electrons. The molecule has 2 aliphatic rings. The van der Waals surface area contributed by atoms with Crippen LogP contribution in [-0.2, 0) is 9.53 Å². The molecule has 1 aromatic carbocycles. The molecule has 11 heteroatoms. The number of hydrogen-bond donors (Lipinski definition) is 1. The number of alkyl halides is 3. The summed E-state index contributed by atoms with van der Waals surface area (Å²) in [6, 6.07) is 11.3. The van der Waals surface area contributed by atoms with Gasteiger partial charge in [0, 0.05) is 49.6 Å². The molecule has 4 rings (SSSR count). The van der Waals surface area contributed by atoms with Gasteiger partial charge in [0.15, 0.2) is 0 Å². The van der Waals surface area contributed by atoms with E-state index in [9.17, 15) is 18.0 Å². The molecule has 0 aliphatic carbocycles. The molecule has 1 unspecified atom stereocenters. The minimum Gasteiger partial charge on any atom is -0.475 e. The highest BCUT2D eigenvalue weighted by Gasteiger charge is 2.43. The molecule has 2 saturated heterocycles. The number of rotatable bonds is 2. The average Bonchev–Trinajstić information content (AvgIpc) is 3.08. The van der Waals surface area contributed by atoms with Gasteiger partial charge in [-0.15, -0.1) is 0 Å². The molecule has 8 nitrogen and oxygen atoms in total. The first-order chi connectivity index (χ1) is 15.2. The van der Waals surface area contributed by atoms with Crippen molar-refractivity contribution in [3.8, 4) is 0 Å². The number of aromatic nitrogens is 2. The standard InChI is InChI=1S/C19H22N4O2.C2HF3O2/c24-17(16-5-2-1-3-6-16)22-11-12-25-15-19(13-22)7-10-23(14-19)18-20-8-4-9-21-18;3-2(4,5)1(6)7/h1-6,8-9H,7,10-15H2;(H,6,7). The summed E-state index contributed by atoms with van der Waals surface area (Å²) < 4.78 is 37.6. The van der Waals surface area contributed by atoms with Gasteiger partial charge in [0.2, 0.25) is 5.95 Å². The number of halogens is 3. The predicted octanol–water partition coefficient (Wildman–Crippen LogP) is 2.48. The molecule has 32 heavy (non-hydrogen) atoms. The fourth-order valence-electron chi connectivity index (χ4n) is 3.74. The topological polar surface area (TPSA) is 95.9 Å². The van der Waals surface area contributed by atoms with Crippen LogP contribution in [0, 0.1) is 5.41 Å². The number of amides is 1. The number of carboxylic acids is 1. The van der Waals surface area contributed by atoms with Crippen molar-refractivity contribution in [3.05, 3.63) is 54.4 Å². The third-order valence-corrected chi connectivity index (χ3v) is 5.26. The number of ether oxygens (including phenoxy) is 1. The lowest BCUT2D eigenvalue weighted by Gasteiger charge is -2.31. The highest BCUT2D eigenvalue weighted by atomic mass is 19.4. The zero-order valence-electron chi connectivity index (χ0n) is 17.2. The Morgan fingerprint density at radius 2 is 1.69 bits per heavy atom.